The first-order valence-electron chi connectivity index (χ1n) is 10.2. The summed E-state index contributed by atoms with van der Waals surface area (Å²) in [5, 5.41) is 2.78. The summed E-state index contributed by atoms with van der Waals surface area (Å²) in [6.07, 6.45) is 3.43. The maximum atomic E-state index is 12.7. The Kier molecular flexibility index (Phi) is 7.09. The Labute approximate surface area is 177 Å². The summed E-state index contributed by atoms with van der Waals surface area (Å²) in [6.45, 7) is 1.70. The van der Waals surface area contributed by atoms with E-state index in [0.29, 0.717) is 19.5 Å². The number of nitrogens with zero attached hydrogens (tertiary/aromatic N) is 3. The molecule has 2 aliphatic rings. The van der Waals surface area contributed by atoms with Crippen LogP contribution in [0.25, 0.3) is 0 Å². The normalized spacial score (nSPS) is 18.2. The summed E-state index contributed by atoms with van der Waals surface area (Å²) in [7, 11) is -1.89. The molecule has 0 aromatic heterocycles. The van der Waals surface area contributed by atoms with Gasteiger partial charge in [-0.25, -0.2) is 13.2 Å². The third-order valence-corrected chi connectivity index (χ3v) is 7.30. The van der Waals surface area contributed by atoms with Crippen molar-refractivity contribution < 1.29 is 22.8 Å². The van der Waals surface area contributed by atoms with E-state index in [4.69, 9.17) is 0 Å². The van der Waals surface area contributed by atoms with Crippen LogP contribution >= 0.6 is 0 Å². The van der Waals surface area contributed by atoms with Crippen molar-refractivity contribution >= 4 is 27.9 Å². The van der Waals surface area contributed by atoms with Gasteiger partial charge in [-0.15, -0.1) is 0 Å². The molecule has 0 bridgehead atoms. The Morgan fingerprint density at radius 3 is 2.33 bits per heavy atom. The third-order valence-electron chi connectivity index (χ3n) is 5.38. The number of piperidine rings is 1. The Hall–Kier alpha value is -2.46. The number of amides is 4. The average Bonchev–Trinajstić information content (AvgIpc) is 2.99. The average molecular weight is 437 g/mol. The molecular weight excluding hydrogens is 408 g/mol. The maximum Gasteiger partial charge on any atom is 0.326 e. The molecular formula is C20H28N4O5S. The number of hydrogen-bond acceptors (Lipinski definition) is 5. The van der Waals surface area contributed by atoms with Crippen LogP contribution in [-0.2, 0) is 26.2 Å². The fourth-order valence-corrected chi connectivity index (χ4v) is 5.13. The molecule has 1 N–H and O–H groups in total. The second-order valence-corrected chi connectivity index (χ2v) is 9.61. The van der Waals surface area contributed by atoms with E-state index < -0.39 is 10.0 Å². The molecule has 2 aliphatic heterocycles. The van der Waals surface area contributed by atoms with Crippen LogP contribution in [0.2, 0.25) is 0 Å². The zero-order valence-electron chi connectivity index (χ0n) is 17.2. The minimum atomic E-state index is -3.46. The number of carbonyl (C=O) groups excluding carboxylic acids is 3. The van der Waals surface area contributed by atoms with Gasteiger partial charge in [0.15, 0.2) is 0 Å². The molecule has 0 radical (unpaired) electrons. The topological polar surface area (TPSA) is 107 Å². The fourth-order valence-electron chi connectivity index (χ4n) is 3.61. The van der Waals surface area contributed by atoms with Crippen molar-refractivity contribution in [2.24, 2.45) is 0 Å². The minimum absolute atomic E-state index is 0.0779. The van der Waals surface area contributed by atoms with Crippen molar-refractivity contribution in [2.75, 3.05) is 33.2 Å². The van der Waals surface area contributed by atoms with Crippen LogP contribution in [0.15, 0.2) is 29.2 Å². The highest BCUT2D eigenvalue weighted by molar-refractivity contribution is 7.89. The van der Waals surface area contributed by atoms with Crippen molar-refractivity contribution in [2.45, 2.75) is 43.5 Å². The predicted octanol–water partition coefficient (Wildman–Crippen LogP) is 1.15. The van der Waals surface area contributed by atoms with Gasteiger partial charge in [0, 0.05) is 39.6 Å². The summed E-state index contributed by atoms with van der Waals surface area (Å²) in [6, 6.07) is 6.22. The van der Waals surface area contributed by atoms with Gasteiger partial charge in [-0.1, -0.05) is 18.6 Å². The van der Waals surface area contributed by atoms with Crippen LogP contribution < -0.4 is 5.32 Å². The molecule has 2 heterocycles. The van der Waals surface area contributed by atoms with Crippen molar-refractivity contribution in [1.82, 2.24) is 19.4 Å². The quantitative estimate of drug-likeness (QED) is 0.615. The number of hydrogen-bond donors (Lipinski definition) is 1. The lowest BCUT2D eigenvalue weighted by Gasteiger charge is -2.25. The first-order valence-corrected chi connectivity index (χ1v) is 11.6. The number of nitrogens with one attached hydrogen (secondary N) is 1. The van der Waals surface area contributed by atoms with Gasteiger partial charge < -0.3 is 10.2 Å². The van der Waals surface area contributed by atoms with Gasteiger partial charge in [0.2, 0.25) is 21.8 Å². The van der Waals surface area contributed by atoms with Gasteiger partial charge in [0.05, 0.1) is 4.90 Å². The number of sulfonamides is 1. The monoisotopic (exact) mass is 436 g/mol. The fraction of sp³-hybridized carbons (Fsp3) is 0.550. The predicted molar refractivity (Wildman–Crippen MR) is 110 cm³/mol. The molecule has 164 valence electrons. The standard InChI is InChI=1S/C20H28N4O5S/c1-22-15-19(26)24(20(22)27)13-5-6-18(25)21-14-16-7-9-17(10-8-16)30(28,29)23-11-3-2-4-12-23/h7-10H,2-6,11-15H2,1H3,(H,21,25). The molecule has 1 aromatic carbocycles. The van der Waals surface area contributed by atoms with Crippen molar-refractivity contribution in [3.63, 3.8) is 0 Å². The minimum Gasteiger partial charge on any atom is -0.352 e. The summed E-state index contributed by atoms with van der Waals surface area (Å²) in [5.41, 5.74) is 0.799. The first kappa shape index (κ1) is 22.2. The summed E-state index contributed by atoms with van der Waals surface area (Å²) in [4.78, 5) is 38.3. The van der Waals surface area contributed by atoms with E-state index in [1.165, 1.54) is 9.21 Å². The zero-order chi connectivity index (χ0) is 21.7. The molecule has 2 saturated heterocycles. The van der Waals surface area contributed by atoms with Crippen molar-refractivity contribution in [1.29, 1.82) is 0 Å². The highest BCUT2D eigenvalue weighted by Crippen LogP contribution is 2.20. The second kappa shape index (κ2) is 9.57. The molecule has 0 unspecified atom stereocenters. The van der Waals surface area contributed by atoms with Gasteiger partial charge >= 0.3 is 6.03 Å². The van der Waals surface area contributed by atoms with Crippen LogP contribution in [-0.4, -0.2) is 73.6 Å². The Morgan fingerprint density at radius 2 is 1.73 bits per heavy atom. The third kappa shape index (κ3) is 5.17. The molecule has 2 fully saturated rings. The lowest BCUT2D eigenvalue weighted by atomic mass is 10.2. The van der Waals surface area contributed by atoms with Crippen molar-refractivity contribution in [3.8, 4) is 0 Å². The molecule has 0 aliphatic carbocycles. The molecule has 0 atom stereocenters. The SMILES string of the molecule is CN1CC(=O)N(CCCC(=O)NCc2ccc(S(=O)(=O)N3CCCCC3)cc2)C1=O. The van der Waals surface area contributed by atoms with E-state index in [1.807, 2.05) is 0 Å². The number of imide groups is 1. The van der Waals surface area contributed by atoms with E-state index in [0.717, 1.165) is 29.7 Å². The number of rotatable bonds is 8. The van der Waals surface area contributed by atoms with Gasteiger partial charge in [-0.3, -0.25) is 14.5 Å². The summed E-state index contributed by atoms with van der Waals surface area (Å²) >= 11 is 0. The smallest absolute Gasteiger partial charge is 0.326 e. The molecule has 30 heavy (non-hydrogen) atoms. The molecule has 10 heteroatoms. The molecule has 4 amide bonds. The summed E-state index contributed by atoms with van der Waals surface area (Å²) in [5.74, 6) is -0.435. The molecule has 0 saturated carbocycles. The van der Waals surface area contributed by atoms with Gasteiger partial charge in [0.1, 0.15) is 6.54 Å². The van der Waals surface area contributed by atoms with E-state index in [1.54, 1.807) is 31.3 Å². The molecule has 1 aromatic rings. The van der Waals surface area contributed by atoms with E-state index in [9.17, 15) is 22.8 Å². The lowest BCUT2D eigenvalue weighted by Crippen LogP contribution is -2.35. The maximum absolute atomic E-state index is 12.7. The van der Waals surface area contributed by atoms with E-state index >= 15 is 0 Å². The molecule has 3 rings (SSSR count). The second-order valence-electron chi connectivity index (χ2n) is 7.67. The van der Waals surface area contributed by atoms with E-state index in [2.05, 4.69) is 5.32 Å². The van der Waals surface area contributed by atoms with Crippen LogP contribution in [0, 0.1) is 0 Å². The summed E-state index contributed by atoms with van der Waals surface area (Å²) < 4.78 is 26.8. The van der Waals surface area contributed by atoms with Crippen LogP contribution in [0.1, 0.15) is 37.7 Å². The number of carbonyl (C=O) groups is 3. The first-order chi connectivity index (χ1) is 14.3. The molecule has 0 spiro atoms. The Balaban J connectivity index is 1.44. The highest BCUT2D eigenvalue weighted by atomic mass is 32.2. The Bertz CT molecular complexity index is 894. The largest absolute Gasteiger partial charge is 0.352 e. The van der Waals surface area contributed by atoms with Crippen LogP contribution in [0.4, 0.5) is 4.79 Å². The van der Waals surface area contributed by atoms with Gasteiger partial charge in [0.25, 0.3) is 0 Å². The van der Waals surface area contributed by atoms with Gasteiger partial charge in [-0.2, -0.15) is 4.31 Å². The van der Waals surface area contributed by atoms with Gasteiger partial charge in [-0.05, 0) is 37.0 Å². The van der Waals surface area contributed by atoms with E-state index in [-0.39, 0.29) is 48.8 Å². The number of urea groups is 1. The highest BCUT2D eigenvalue weighted by Gasteiger charge is 2.32. The number of likely N-dealkylation sites (N-methyl/N-ethyl adjacent to an activating group) is 1. The Morgan fingerprint density at radius 1 is 1.07 bits per heavy atom. The zero-order valence-corrected chi connectivity index (χ0v) is 18.0. The van der Waals surface area contributed by atoms with Crippen LogP contribution in [0.5, 0.6) is 0 Å². The lowest BCUT2D eigenvalue weighted by molar-refractivity contribution is -0.126. The van der Waals surface area contributed by atoms with Crippen LogP contribution in [0.3, 0.4) is 0 Å². The van der Waals surface area contributed by atoms with Crippen molar-refractivity contribution in [3.05, 3.63) is 29.8 Å². The number of benzene rings is 1. The molecule has 9 nitrogen and oxygen atoms in total.